The summed E-state index contributed by atoms with van der Waals surface area (Å²) in [6.45, 7) is 2.72. The minimum atomic E-state index is 0.611. The Balaban J connectivity index is 2.10. The molecule has 0 atom stereocenters. The molecule has 2 aromatic heterocycles. The summed E-state index contributed by atoms with van der Waals surface area (Å²) in [6, 6.07) is 1.81. The fraction of sp³-hybridized carbons (Fsp3) is 0.273. The van der Waals surface area contributed by atoms with Crippen LogP contribution in [0.3, 0.4) is 0 Å². The molecule has 0 radical (unpaired) electrons. The first-order valence-electron chi connectivity index (χ1n) is 5.10. The number of aromatic nitrogens is 3. The van der Waals surface area contributed by atoms with Crippen LogP contribution in [-0.2, 0) is 13.6 Å². The third-order valence-corrected chi connectivity index (χ3v) is 3.40. The van der Waals surface area contributed by atoms with Crippen LogP contribution in [0.15, 0.2) is 22.9 Å². The molecule has 0 aliphatic heterocycles. The highest BCUT2D eigenvalue weighted by molar-refractivity contribution is 9.10. The van der Waals surface area contributed by atoms with E-state index in [4.69, 9.17) is 11.6 Å². The topological polar surface area (TPSA) is 42.7 Å². The minimum Gasteiger partial charge on any atom is -0.365 e. The molecular weight excluding hydrogens is 304 g/mol. The molecule has 2 rings (SSSR count). The lowest BCUT2D eigenvalue weighted by atomic mass is 10.2. The quantitative estimate of drug-likeness (QED) is 0.946. The van der Waals surface area contributed by atoms with E-state index in [1.165, 1.54) is 0 Å². The number of hydrogen-bond acceptors (Lipinski definition) is 3. The van der Waals surface area contributed by atoms with Gasteiger partial charge in [-0.1, -0.05) is 11.6 Å². The molecule has 0 saturated heterocycles. The molecule has 17 heavy (non-hydrogen) atoms. The largest absolute Gasteiger partial charge is 0.365 e. The molecule has 2 heterocycles. The third kappa shape index (κ3) is 2.79. The lowest BCUT2D eigenvalue weighted by molar-refractivity contribution is 0.738. The average molecular weight is 316 g/mol. The maximum Gasteiger partial charge on any atom is 0.140 e. The first-order chi connectivity index (χ1) is 8.08. The molecule has 0 saturated carbocycles. The van der Waals surface area contributed by atoms with Gasteiger partial charge in [0.15, 0.2) is 0 Å². The Bertz CT molecular complexity index is 538. The molecule has 6 heteroatoms. The molecule has 2 aromatic rings. The zero-order valence-electron chi connectivity index (χ0n) is 9.54. The van der Waals surface area contributed by atoms with Gasteiger partial charge in [0.05, 0.1) is 15.7 Å². The summed E-state index contributed by atoms with van der Waals surface area (Å²) in [5.74, 6) is 0.776. The van der Waals surface area contributed by atoms with Gasteiger partial charge in [0.1, 0.15) is 5.82 Å². The summed E-state index contributed by atoms with van der Waals surface area (Å²) >= 11 is 9.24. The van der Waals surface area contributed by atoms with Crippen molar-refractivity contribution in [3.8, 4) is 0 Å². The minimum absolute atomic E-state index is 0.611. The number of aryl methyl sites for hydroxylation is 1. The van der Waals surface area contributed by atoms with Crippen LogP contribution < -0.4 is 5.32 Å². The summed E-state index contributed by atoms with van der Waals surface area (Å²) in [6.07, 6.45) is 3.47. The predicted molar refractivity (Wildman–Crippen MR) is 72.2 cm³/mol. The summed E-state index contributed by atoms with van der Waals surface area (Å²) in [4.78, 5) is 4.21. The van der Waals surface area contributed by atoms with Crippen LogP contribution in [0.25, 0.3) is 0 Å². The Morgan fingerprint density at radius 1 is 1.47 bits per heavy atom. The zero-order chi connectivity index (χ0) is 12.4. The Labute approximate surface area is 113 Å². The fourth-order valence-electron chi connectivity index (χ4n) is 1.44. The number of anilines is 1. The van der Waals surface area contributed by atoms with Crippen molar-refractivity contribution in [2.24, 2.45) is 7.05 Å². The summed E-state index contributed by atoms with van der Waals surface area (Å²) in [7, 11) is 1.93. The van der Waals surface area contributed by atoms with Crippen molar-refractivity contribution in [2.75, 3.05) is 5.32 Å². The molecule has 0 spiro atoms. The van der Waals surface area contributed by atoms with Gasteiger partial charge in [0.2, 0.25) is 0 Å². The normalized spacial score (nSPS) is 10.6. The standard InChI is InChI=1S/C11H12BrClN4/c1-7-8(5-16-17(7)2)4-14-11-10(12)3-9(13)6-15-11/h3,5-6H,4H2,1-2H3,(H,14,15). The third-order valence-electron chi connectivity index (χ3n) is 2.59. The van der Waals surface area contributed by atoms with E-state index in [1.54, 1.807) is 6.20 Å². The Morgan fingerprint density at radius 3 is 2.82 bits per heavy atom. The first-order valence-corrected chi connectivity index (χ1v) is 6.27. The van der Waals surface area contributed by atoms with Crippen LogP contribution >= 0.6 is 27.5 Å². The van der Waals surface area contributed by atoms with Crippen LogP contribution in [-0.4, -0.2) is 14.8 Å². The van der Waals surface area contributed by atoms with Crippen molar-refractivity contribution in [1.29, 1.82) is 0 Å². The SMILES string of the molecule is Cc1c(CNc2ncc(Cl)cc2Br)cnn1C. The van der Waals surface area contributed by atoms with Gasteiger partial charge in [-0.05, 0) is 28.9 Å². The van der Waals surface area contributed by atoms with Crippen LogP contribution in [0.4, 0.5) is 5.82 Å². The monoisotopic (exact) mass is 314 g/mol. The summed E-state index contributed by atoms with van der Waals surface area (Å²) in [5.41, 5.74) is 2.29. The molecule has 0 fully saturated rings. The highest BCUT2D eigenvalue weighted by Gasteiger charge is 2.06. The molecule has 1 N–H and O–H groups in total. The second-order valence-electron chi connectivity index (χ2n) is 3.72. The molecule has 0 amide bonds. The van der Waals surface area contributed by atoms with Gasteiger partial charge in [0, 0.05) is 31.0 Å². The van der Waals surface area contributed by atoms with E-state index in [0.29, 0.717) is 11.6 Å². The second kappa shape index (κ2) is 5.06. The molecule has 0 aliphatic carbocycles. The fourth-order valence-corrected chi connectivity index (χ4v) is 2.22. The lowest BCUT2D eigenvalue weighted by Gasteiger charge is -2.07. The number of pyridine rings is 1. The van der Waals surface area contributed by atoms with Gasteiger partial charge in [-0.3, -0.25) is 4.68 Å². The number of rotatable bonds is 3. The van der Waals surface area contributed by atoms with E-state index in [-0.39, 0.29) is 0 Å². The summed E-state index contributed by atoms with van der Waals surface area (Å²) < 4.78 is 2.70. The Hall–Kier alpha value is -1.07. The van der Waals surface area contributed by atoms with Crippen LogP contribution in [0, 0.1) is 6.92 Å². The maximum absolute atomic E-state index is 5.83. The van der Waals surface area contributed by atoms with Crippen LogP contribution in [0.2, 0.25) is 5.02 Å². The van der Waals surface area contributed by atoms with E-state index in [9.17, 15) is 0 Å². The van der Waals surface area contributed by atoms with Crippen molar-refractivity contribution < 1.29 is 0 Å². The highest BCUT2D eigenvalue weighted by atomic mass is 79.9. The van der Waals surface area contributed by atoms with Crippen molar-refractivity contribution in [3.05, 3.63) is 39.2 Å². The van der Waals surface area contributed by atoms with Crippen molar-refractivity contribution >= 4 is 33.3 Å². The van der Waals surface area contributed by atoms with E-state index in [1.807, 2.05) is 30.9 Å². The van der Waals surface area contributed by atoms with Crippen molar-refractivity contribution in [1.82, 2.24) is 14.8 Å². The van der Waals surface area contributed by atoms with Crippen LogP contribution in [0.1, 0.15) is 11.3 Å². The molecule has 90 valence electrons. The van der Waals surface area contributed by atoms with Gasteiger partial charge >= 0.3 is 0 Å². The highest BCUT2D eigenvalue weighted by Crippen LogP contribution is 2.23. The molecule has 0 aliphatic rings. The van der Waals surface area contributed by atoms with Gasteiger partial charge in [-0.25, -0.2) is 4.98 Å². The molecule has 0 bridgehead atoms. The van der Waals surface area contributed by atoms with E-state index < -0.39 is 0 Å². The zero-order valence-corrected chi connectivity index (χ0v) is 11.9. The van der Waals surface area contributed by atoms with E-state index in [0.717, 1.165) is 21.5 Å². The van der Waals surface area contributed by atoms with Gasteiger partial charge in [-0.15, -0.1) is 0 Å². The van der Waals surface area contributed by atoms with Gasteiger partial charge in [0.25, 0.3) is 0 Å². The summed E-state index contributed by atoms with van der Waals surface area (Å²) in [5, 5.41) is 8.04. The average Bonchev–Trinajstić information content (AvgIpc) is 2.59. The van der Waals surface area contributed by atoms with Crippen LogP contribution in [0.5, 0.6) is 0 Å². The smallest absolute Gasteiger partial charge is 0.140 e. The molecule has 4 nitrogen and oxygen atoms in total. The molecule has 0 aromatic carbocycles. The lowest BCUT2D eigenvalue weighted by Crippen LogP contribution is -2.03. The van der Waals surface area contributed by atoms with Gasteiger partial charge in [-0.2, -0.15) is 5.10 Å². The number of hydrogen-bond donors (Lipinski definition) is 1. The molecular formula is C11H12BrClN4. The van der Waals surface area contributed by atoms with E-state index >= 15 is 0 Å². The van der Waals surface area contributed by atoms with E-state index in [2.05, 4.69) is 31.3 Å². The number of halogens is 2. The van der Waals surface area contributed by atoms with Gasteiger partial charge < -0.3 is 5.32 Å². The Kier molecular flexibility index (Phi) is 3.69. The van der Waals surface area contributed by atoms with Crippen molar-refractivity contribution in [2.45, 2.75) is 13.5 Å². The molecule has 0 unspecified atom stereocenters. The Morgan fingerprint density at radius 2 is 2.24 bits per heavy atom. The second-order valence-corrected chi connectivity index (χ2v) is 5.01. The maximum atomic E-state index is 5.83. The number of nitrogens with one attached hydrogen (secondary N) is 1. The van der Waals surface area contributed by atoms with Crippen molar-refractivity contribution in [3.63, 3.8) is 0 Å². The predicted octanol–water partition coefficient (Wildman–Crippen LogP) is 3.15. The first kappa shape index (κ1) is 12.4. The number of nitrogens with zero attached hydrogens (tertiary/aromatic N) is 3.